The van der Waals surface area contributed by atoms with Crippen LogP contribution in [0.1, 0.15) is 25.0 Å². The molecule has 1 aromatic rings. The minimum absolute atomic E-state index is 0.0932. The molecule has 0 saturated carbocycles. The van der Waals surface area contributed by atoms with Crippen molar-refractivity contribution in [3.8, 4) is 5.75 Å². The Hall–Kier alpha value is -1.51. The van der Waals surface area contributed by atoms with Crippen molar-refractivity contribution in [2.75, 3.05) is 20.7 Å². The van der Waals surface area contributed by atoms with Gasteiger partial charge in [0.05, 0.1) is 7.11 Å². The lowest BCUT2D eigenvalue weighted by Gasteiger charge is -2.16. The van der Waals surface area contributed by atoms with Gasteiger partial charge in [-0.2, -0.15) is 0 Å². The highest BCUT2D eigenvalue weighted by molar-refractivity contribution is 5.72. The normalized spacial score (nSPS) is 10.1. The van der Waals surface area contributed by atoms with Crippen molar-refractivity contribution in [3.63, 3.8) is 0 Å². The van der Waals surface area contributed by atoms with E-state index in [-0.39, 0.29) is 5.91 Å². The van der Waals surface area contributed by atoms with Crippen molar-refractivity contribution in [3.05, 3.63) is 29.3 Å². The first-order valence-corrected chi connectivity index (χ1v) is 5.96. The van der Waals surface area contributed by atoms with Crippen LogP contribution in [0, 0.1) is 0 Å². The van der Waals surface area contributed by atoms with Crippen LogP contribution < -0.4 is 4.74 Å². The van der Waals surface area contributed by atoms with Gasteiger partial charge >= 0.3 is 0 Å². The maximum Gasteiger partial charge on any atom is 0.219 e. The molecule has 0 spiro atoms. The Kier molecular flexibility index (Phi) is 5.01. The van der Waals surface area contributed by atoms with Crippen molar-refractivity contribution in [2.24, 2.45) is 0 Å². The molecule has 0 fully saturated rings. The smallest absolute Gasteiger partial charge is 0.219 e. The van der Waals surface area contributed by atoms with Crippen LogP contribution in [0.4, 0.5) is 0 Å². The van der Waals surface area contributed by atoms with E-state index in [4.69, 9.17) is 4.74 Å². The fourth-order valence-electron chi connectivity index (χ4n) is 1.69. The van der Waals surface area contributed by atoms with Crippen molar-refractivity contribution in [2.45, 2.75) is 26.7 Å². The van der Waals surface area contributed by atoms with Crippen LogP contribution in [-0.4, -0.2) is 31.5 Å². The SMILES string of the molecule is CCc1ccc(OC)c(CCN(C)C(C)=O)c1. The van der Waals surface area contributed by atoms with Gasteiger partial charge in [0.25, 0.3) is 0 Å². The first-order chi connectivity index (χ1) is 8.08. The summed E-state index contributed by atoms with van der Waals surface area (Å²) in [4.78, 5) is 12.9. The van der Waals surface area contributed by atoms with E-state index in [0.29, 0.717) is 0 Å². The summed E-state index contributed by atoms with van der Waals surface area (Å²) in [5, 5.41) is 0. The molecule has 0 N–H and O–H groups in total. The van der Waals surface area contributed by atoms with Crippen molar-refractivity contribution >= 4 is 5.91 Å². The second kappa shape index (κ2) is 6.28. The number of amides is 1. The predicted molar refractivity (Wildman–Crippen MR) is 69.4 cm³/mol. The number of rotatable bonds is 5. The number of carbonyl (C=O) groups excluding carboxylic acids is 1. The number of benzene rings is 1. The molecule has 0 aliphatic carbocycles. The lowest BCUT2D eigenvalue weighted by Crippen LogP contribution is -2.26. The molecular formula is C14H21NO2. The number of methoxy groups -OCH3 is 1. The van der Waals surface area contributed by atoms with Crippen molar-refractivity contribution in [1.29, 1.82) is 0 Å². The first-order valence-electron chi connectivity index (χ1n) is 5.96. The summed E-state index contributed by atoms with van der Waals surface area (Å²) >= 11 is 0. The molecule has 0 unspecified atom stereocenters. The zero-order chi connectivity index (χ0) is 12.8. The molecule has 17 heavy (non-hydrogen) atoms. The Balaban J connectivity index is 2.77. The maximum absolute atomic E-state index is 11.1. The molecule has 3 nitrogen and oxygen atoms in total. The van der Waals surface area contributed by atoms with E-state index < -0.39 is 0 Å². The van der Waals surface area contributed by atoms with E-state index in [9.17, 15) is 4.79 Å². The van der Waals surface area contributed by atoms with Gasteiger partial charge in [0, 0.05) is 20.5 Å². The highest BCUT2D eigenvalue weighted by atomic mass is 16.5. The summed E-state index contributed by atoms with van der Waals surface area (Å²) in [6, 6.07) is 6.24. The van der Waals surface area contributed by atoms with Crippen LogP contribution in [0.5, 0.6) is 5.75 Å². The maximum atomic E-state index is 11.1. The Morgan fingerprint density at radius 1 is 1.41 bits per heavy atom. The monoisotopic (exact) mass is 235 g/mol. The average Bonchev–Trinajstić information content (AvgIpc) is 2.35. The van der Waals surface area contributed by atoms with Crippen molar-refractivity contribution in [1.82, 2.24) is 4.90 Å². The molecule has 0 aromatic heterocycles. The topological polar surface area (TPSA) is 29.5 Å². The van der Waals surface area contributed by atoms with Gasteiger partial charge in [0.15, 0.2) is 0 Å². The van der Waals surface area contributed by atoms with Gasteiger partial charge in [-0.05, 0) is 30.0 Å². The lowest BCUT2D eigenvalue weighted by molar-refractivity contribution is -0.127. The number of hydrogen-bond acceptors (Lipinski definition) is 2. The molecule has 94 valence electrons. The molecule has 0 bridgehead atoms. The number of nitrogens with zero attached hydrogens (tertiary/aromatic N) is 1. The van der Waals surface area contributed by atoms with E-state index in [1.807, 2.05) is 13.1 Å². The number of aryl methyl sites for hydroxylation is 1. The second-order valence-electron chi connectivity index (χ2n) is 4.19. The summed E-state index contributed by atoms with van der Waals surface area (Å²) < 4.78 is 5.33. The fraction of sp³-hybridized carbons (Fsp3) is 0.500. The summed E-state index contributed by atoms with van der Waals surface area (Å²) in [7, 11) is 3.50. The summed E-state index contributed by atoms with van der Waals surface area (Å²) in [6.45, 7) is 4.44. The van der Waals surface area contributed by atoms with Crippen LogP contribution in [0.25, 0.3) is 0 Å². The summed E-state index contributed by atoms with van der Waals surface area (Å²) in [6.07, 6.45) is 1.84. The first kappa shape index (κ1) is 13.6. The molecule has 3 heteroatoms. The Labute approximate surface area is 103 Å². The van der Waals surface area contributed by atoms with Gasteiger partial charge in [-0.1, -0.05) is 19.1 Å². The van der Waals surface area contributed by atoms with E-state index in [0.717, 1.165) is 25.1 Å². The zero-order valence-electron chi connectivity index (χ0n) is 11.1. The molecule has 1 rings (SSSR count). The number of hydrogen-bond donors (Lipinski definition) is 0. The molecular weight excluding hydrogens is 214 g/mol. The van der Waals surface area contributed by atoms with Gasteiger partial charge in [-0.15, -0.1) is 0 Å². The molecule has 1 aromatic carbocycles. The van der Waals surface area contributed by atoms with Crippen LogP contribution in [0.15, 0.2) is 18.2 Å². The van der Waals surface area contributed by atoms with E-state index in [2.05, 4.69) is 19.1 Å². The average molecular weight is 235 g/mol. The lowest BCUT2D eigenvalue weighted by atomic mass is 10.0. The zero-order valence-corrected chi connectivity index (χ0v) is 11.1. The quantitative estimate of drug-likeness (QED) is 0.783. The van der Waals surface area contributed by atoms with Gasteiger partial charge in [0.1, 0.15) is 5.75 Å². The van der Waals surface area contributed by atoms with Crippen molar-refractivity contribution < 1.29 is 9.53 Å². The highest BCUT2D eigenvalue weighted by Crippen LogP contribution is 2.20. The van der Waals surface area contributed by atoms with Gasteiger partial charge in [-0.3, -0.25) is 4.79 Å². The van der Waals surface area contributed by atoms with Crippen LogP contribution in [0.3, 0.4) is 0 Å². The predicted octanol–water partition coefficient (Wildman–Crippen LogP) is 2.28. The third kappa shape index (κ3) is 3.77. The number of carbonyl (C=O) groups is 1. The Morgan fingerprint density at radius 2 is 2.12 bits per heavy atom. The standard InChI is InChI=1S/C14H21NO2/c1-5-12-6-7-14(17-4)13(10-12)8-9-15(3)11(2)16/h6-7,10H,5,8-9H2,1-4H3. The van der Waals surface area contributed by atoms with E-state index in [1.165, 1.54) is 11.1 Å². The fourth-order valence-corrected chi connectivity index (χ4v) is 1.69. The number of likely N-dealkylation sites (N-methyl/N-ethyl adjacent to an activating group) is 1. The van der Waals surface area contributed by atoms with E-state index >= 15 is 0 Å². The Bertz CT molecular complexity index is 388. The minimum atomic E-state index is 0.0932. The molecule has 0 atom stereocenters. The van der Waals surface area contributed by atoms with Gasteiger partial charge in [0.2, 0.25) is 5.91 Å². The highest BCUT2D eigenvalue weighted by Gasteiger charge is 2.07. The molecule has 1 amide bonds. The minimum Gasteiger partial charge on any atom is -0.496 e. The molecule has 0 saturated heterocycles. The molecule has 0 aliphatic rings. The van der Waals surface area contributed by atoms with Crippen LogP contribution >= 0.6 is 0 Å². The van der Waals surface area contributed by atoms with E-state index in [1.54, 1.807) is 18.9 Å². The van der Waals surface area contributed by atoms with Crippen LogP contribution in [-0.2, 0) is 17.6 Å². The largest absolute Gasteiger partial charge is 0.496 e. The molecule has 0 heterocycles. The third-order valence-electron chi connectivity index (χ3n) is 3.01. The second-order valence-corrected chi connectivity index (χ2v) is 4.19. The number of ether oxygens (including phenoxy) is 1. The van der Waals surface area contributed by atoms with Crippen LogP contribution in [0.2, 0.25) is 0 Å². The molecule has 0 aliphatic heterocycles. The summed E-state index contributed by atoms with van der Waals surface area (Å²) in [5.74, 6) is 0.995. The van der Waals surface area contributed by atoms with Gasteiger partial charge in [-0.25, -0.2) is 0 Å². The third-order valence-corrected chi connectivity index (χ3v) is 3.01. The summed E-state index contributed by atoms with van der Waals surface area (Å²) in [5.41, 5.74) is 2.46. The van der Waals surface area contributed by atoms with Gasteiger partial charge < -0.3 is 9.64 Å². The Morgan fingerprint density at radius 3 is 2.65 bits per heavy atom. The molecule has 0 radical (unpaired) electrons.